The molecule has 2 aromatic rings. The van der Waals surface area contributed by atoms with Gasteiger partial charge in [-0.2, -0.15) is 0 Å². The highest BCUT2D eigenvalue weighted by atomic mass is 16.7. The van der Waals surface area contributed by atoms with E-state index in [1.165, 1.54) is 6.07 Å². The molecule has 0 radical (unpaired) electrons. The number of ketones is 2. The second-order valence-corrected chi connectivity index (χ2v) is 7.74. The molecule has 2 aliphatic rings. The van der Waals surface area contributed by atoms with Crippen molar-refractivity contribution in [3.8, 4) is 0 Å². The number of aliphatic hydroxyl groups is 1. The lowest BCUT2D eigenvalue weighted by atomic mass is 9.71. The SMILES string of the molecule is COC(=O)C12OC1(CC(CO)=C(C)CCc1cc[nH]c1)C(=O)c1ccccc1C2=O. The van der Waals surface area contributed by atoms with E-state index < -0.39 is 28.7 Å². The number of epoxide rings is 1. The number of H-pyrrole nitrogens is 1. The van der Waals surface area contributed by atoms with Crippen LogP contribution in [0.3, 0.4) is 0 Å². The van der Waals surface area contributed by atoms with Gasteiger partial charge in [-0.15, -0.1) is 0 Å². The summed E-state index contributed by atoms with van der Waals surface area (Å²) < 4.78 is 10.6. The van der Waals surface area contributed by atoms with Gasteiger partial charge in [0.05, 0.1) is 13.7 Å². The molecule has 0 spiro atoms. The molecule has 1 saturated heterocycles. The number of fused-ring (bicyclic) bond motifs is 2. The summed E-state index contributed by atoms with van der Waals surface area (Å²) in [6.45, 7) is 1.57. The molecule has 2 N–H and O–H groups in total. The molecule has 1 aliphatic carbocycles. The van der Waals surface area contributed by atoms with Crippen LogP contribution in [-0.2, 0) is 20.7 Å². The Morgan fingerprint density at radius 1 is 1.17 bits per heavy atom. The van der Waals surface area contributed by atoms with E-state index in [0.29, 0.717) is 12.0 Å². The van der Waals surface area contributed by atoms with Crippen molar-refractivity contribution in [1.29, 1.82) is 0 Å². The molecular formula is C23H23NO6. The summed E-state index contributed by atoms with van der Waals surface area (Å²) >= 11 is 0. The number of carbonyl (C=O) groups is 3. The predicted octanol–water partition coefficient (Wildman–Crippen LogP) is 2.41. The third-order valence-electron chi connectivity index (χ3n) is 6.14. The third-order valence-corrected chi connectivity index (χ3v) is 6.14. The number of aryl methyl sites for hydroxylation is 1. The number of aliphatic hydroxyl groups excluding tert-OH is 1. The van der Waals surface area contributed by atoms with Gasteiger partial charge in [-0.05, 0) is 37.0 Å². The first-order chi connectivity index (χ1) is 14.4. The molecule has 156 valence electrons. The van der Waals surface area contributed by atoms with Gasteiger partial charge in [0.15, 0.2) is 11.4 Å². The molecule has 0 bridgehead atoms. The first-order valence-electron chi connectivity index (χ1n) is 9.78. The minimum Gasteiger partial charge on any atom is -0.466 e. The molecule has 1 aliphatic heterocycles. The smallest absolute Gasteiger partial charge is 0.350 e. The molecule has 0 amide bonds. The van der Waals surface area contributed by atoms with E-state index in [0.717, 1.165) is 24.7 Å². The lowest BCUT2D eigenvalue weighted by Gasteiger charge is -2.24. The summed E-state index contributed by atoms with van der Waals surface area (Å²) in [5.74, 6) is -1.91. The Hall–Kier alpha value is -3.03. The fourth-order valence-corrected chi connectivity index (χ4v) is 4.31. The van der Waals surface area contributed by atoms with E-state index in [9.17, 15) is 19.5 Å². The van der Waals surface area contributed by atoms with Crippen molar-refractivity contribution >= 4 is 17.5 Å². The van der Waals surface area contributed by atoms with Crippen LogP contribution in [0.25, 0.3) is 0 Å². The number of benzene rings is 1. The van der Waals surface area contributed by atoms with Gasteiger partial charge in [0.2, 0.25) is 5.78 Å². The van der Waals surface area contributed by atoms with Crippen molar-refractivity contribution in [2.24, 2.45) is 0 Å². The van der Waals surface area contributed by atoms with E-state index in [1.54, 1.807) is 18.2 Å². The molecule has 1 aromatic carbocycles. The second-order valence-electron chi connectivity index (χ2n) is 7.74. The Labute approximate surface area is 173 Å². The Morgan fingerprint density at radius 2 is 1.87 bits per heavy atom. The van der Waals surface area contributed by atoms with Crippen LogP contribution in [0.5, 0.6) is 0 Å². The van der Waals surface area contributed by atoms with Crippen LogP contribution in [0.4, 0.5) is 0 Å². The van der Waals surface area contributed by atoms with E-state index >= 15 is 0 Å². The first kappa shape index (κ1) is 20.3. The zero-order valence-electron chi connectivity index (χ0n) is 16.9. The van der Waals surface area contributed by atoms with Crippen molar-refractivity contribution in [1.82, 2.24) is 4.98 Å². The van der Waals surface area contributed by atoms with Crippen LogP contribution >= 0.6 is 0 Å². The Kier molecular flexibility index (Phi) is 4.95. The fraction of sp³-hybridized carbons (Fsp3) is 0.348. The van der Waals surface area contributed by atoms with Crippen LogP contribution in [0.15, 0.2) is 53.9 Å². The Morgan fingerprint density at radius 3 is 2.47 bits per heavy atom. The summed E-state index contributed by atoms with van der Waals surface area (Å²) in [6.07, 6.45) is 5.11. The summed E-state index contributed by atoms with van der Waals surface area (Å²) in [5, 5.41) is 10.0. The third kappa shape index (κ3) is 2.77. The molecular weight excluding hydrogens is 386 g/mol. The number of aromatic amines is 1. The summed E-state index contributed by atoms with van der Waals surface area (Å²) in [4.78, 5) is 42.2. The van der Waals surface area contributed by atoms with Crippen molar-refractivity contribution < 1.29 is 29.0 Å². The molecule has 2 unspecified atom stereocenters. The van der Waals surface area contributed by atoms with Gasteiger partial charge in [0, 0.05) is 29.9 Å². The van der Waals surface area contributed by atoms with Crippen LogP contribution in [-0.4, -0.2) is 52.5 Å². The van der Waals surface area contributed by atoms with E-state index in [2.05, 4.69) is 4.98 Å². The highest BCUT2D eigenvalue weighted by molar-refractivity contribution is 6.32. The monoisotopic (exact) mass is 409 g/mol. The molecule has 1 aromatic heterocycles. The normalized spacial score (nSPS) is 25.3. The number of aromatic nitrogens is 1. The van der Waals surface area contributed by atoms with Gasteiger partial charge in [-0.25, -0.2) is 4.79 Å². The van der Waals surface area contributed by atoms with Crippen LogP contribution < -0.4 is 0 Å². The molecule has 1 fully saturated rings. The van der Waals surface area contributed by atoms with E-state index in [-0.39, 0.29) is 24.2 Å². The first-order valence-corrected chi connectivity index (χ1v) is 9.78. The number of hydrogen-bond acceptors (Lipinski definition) is 6. The minimum atomic E-state index is -1.99. The van der Waals surface area contributed by atoms with Gasteiger partial charge in [0.1, 0.15) is 0 Å². The maximum absolute atomic E-state index is 13.4. The number of Topliss-reactive ketones (excluding diaryl/α,β-unsaturated/α-hetero) is 2. The lowest BCUT2D eigenvalue weighted by Crippen LogP contribution is -2.50. The highest BCUT2D eigenvalue weighted by Gasteiger charge is 2.85. The van der Waals surface area contributed by atoms with Crippen molar-refractivity contribution in [2.75, 3.05) is 13.7 Å². The molecule has 7 nitrogen and oxygen atoms in total. The summed E-state index contributed by atoms with van der Waals surface area (Å²) in [6, 6.07) is 8.33. The molecule has 2 atom stereocenters. The van der Waals surface area contributed by atoms with Gasteiger partial charge >= 0.3 is 5.97 Å². The molecule has 0 saturated carbocycles. The van der Waals surface area contributed by atoms with Gasteiger partial charge in [-0.3, -0.25) is 9.59 Å². The number of hydrogen-bond donors (Lipinski definition) is 2. The molecule has 30 heavy (non-hydrogen) atoms. The standard InChI is InChI=1S/C23H23NO6/c1-14(7-8-15-9-10-24-12-15)16(13-25)11-22-19(26)17-5-3-4-6-18(17)20(27)23(22,30-22)21(28)29-2/h3-6,9-10,12,24-25H,7-8,11,13H2,1-2H3. The number of allylic oxidation sites excluding steroid dienone is 1. The van der Waals surface area contributed by atoms with Gasteiger partial charge in [0.25, 0.3) is 5.60 Å². The maximum atomic E-state index is 13.4. The molecule has 7 heteroatoms. The van der Waals surface area contributed by atoms with Crippen LogP contribution in [0.2, 0.25) is 0 Å². The number of esters is 1. The number of ether oxygens (including phenoxy) is 2. The van der Waals surface area contributed by atoms with Crippen molar-refractivity contribution in [3.05, 3.63) is 70.6 Å². The number of methoxy groups -OCH3 is 1. The number of nitrogens with one attached hydrogen (secondary N) is 1. The number of rotatable bonds is 7. The predicted molar refractivity (Wildman–Crippen MR) is 107 cm³/mol. The Balaban J connectivity index is 1.71. The quantitative estimate of drug-likeness (QED) is 0.315. The van der Waals surface area contributed by atoms with Crippen molar-refractivity contribution in [3.63, 3.8) is 0 Å². The largest absolute Gasteiger partial charge is 0.466 e. The molecule has 2 heterocycles. The van der Waals surface area contributed by atoms with Gasteiger partial charge in [-0.1, -0.05) is 29.8 Å². The second kappa shape index (κ2) is 7.34. The topological polar surface area (TPSA) is 109 Å². The Bertz CT molecular complexity index is 1050. The van der Waals surface area contributed by atoms with Crippen LogP contribution in [0, 0.1) is 0 Å². The van der Waals surface area contributed by atoms with Gasteiger partial charge < -0.3 is 19.6 Å². The summed E-state index contributed by atoms with van der Waals surface area (Å²) in [5.41, 5.74) is -0.706. The zero-order chi connectivity index (χ0) is 21.5. The van der Waals surface area contributed by atoms with Crippen LogP contribution in [0.1, 0.15) is 46.0 Å². The maximum Gasteiger partial charge on any atom is 0.350 e. The van der Waals surface area contributed by atoms with Crippen molar-refractivity contribution in [2.45, 2.75) is 37.4 Å². The summed E-state index contributed by atoms with van der Waals surface area (Å²) in [7, 11) is 1.16. The molecule has 4 rings (SSSR count). The lowest BCUT2D eigenvalue weighted by molar-refractivity contribution is -0.145. The zero-order valence-corrected chi connectivity index (χ0v) is 16.9. The highest BCUT2D eigenvalue weighted by Crippen LogP contribution is 2.59. The fourth-order valence-electron chi connectivity index (χ4n) is 4.31. The van der Waals surface area contributed by atoms with E-state index in [4.69, 9.17) is 9.47 Å². The average Bonchev–Trinajstić information content (AvgIpc) is 3.18. The van der Waals surface area contributed by atoms with E-state index in [1.807, 2.05) is 25.4 Å². The number of carbonyl (C=O) groups excluding carboxylic acids is 3. The minimum absolute atomic E-state index is 0.0452. The average molecular weight is 409 g/mol.